The Morgan fingerprint density at radius 1 is 1.10 bits per heavy atom. The number of hydrogen-bond acceptors (Lipinski definition) is 8. The maximum Gasteiger partial charge on any atom is 0.293 e. The SMILES string of the molecule is Cc1nnc(S(=O)(=O)Nc2cc(C(=O)c3ccc(Cl)c(Cl)c3)ccc2[N+](=O)[O-])s1. The van der Waals surface area contributed by atoms with Crippen molar-refractivity contribution in [2.45, 2.75) is 11.3 Å². The van der Waals surface area contributed by atoms with Crippen molar-refractivity contribution in [3.8, 4) is 0 Å². The molecule has 0 aliphatic heterocycles. The minimum atomic E-state index is -4.23. The molecule has 0 unspecified atom stereocenters. The van der Waals surface area contributed by atoms with Crippen molar-refractivity contribution >= 4 is 61.7 Å². The number of aromatic nitrogens is 2. The number of nitro benzene ring substituents is 1. The number of hydrogen-bond donors (Lipinski definition) is 1. The van der Waals surface area contributed by atoms with Gasteiger partial charge in [-0.2, -0.15) is 8.42 Å². The van der Waals surface area contributed by atoms with Crippen LogP contribution in [0.3, 0.4) is 0 Å². The van der Waals surface area contributed by atoms with Crippen molar-refractivity contribution < 1.29 is 18.1 Å². The first-order chi connectivity index (χ1) is 13.6. The Morgan fingerprint density at radius 3 is 2.34 bits per heavy atom. The fraction of sp³-hybridized carbons (Fsp3) is 0.0625. The van der Waals surface area contributed by atoms with Gasteiger partial charge in [0, 0.05) is 17.2 Å². The van der Waals surface area contributed by atoms with Gasteiger partial charge < -0.3 is 0 Å². The molecule has 0 fully saturated rings. The van der Waals surface area contributed by atoms with Crippen LogP contribution >= 0.6 is 34.5 Å². The van der Waals surface area contributed by atoms with E-state index in [1.54, 1.807) is 6.92 Å². The van der Waals surface area contributed by atoms with E-state index in [4.69, 9.17) is 23.2 Å². The molecule has 0 aliphatic rings. The lowest BCUT2D eigenvalue weighted by Crippen LogP contribution is -2.15. The number of aryl methyl sites for hydroxylation is 1. The summed E-state index contributed by atoms with van der Waals surface area (Å²) in [4.78, 5) is 23.3. The van der Waals surface area contributed by atoms with Crippen molar-refractivity contribution in [3.05, 3.63) is 72.7 Å². The first-order valence-electron chi connectivity index (χ1n) is 7.69. The van der Waals surface area contributed by atoms with Gasteiger partial charge in [-0.05, 0) is 37.3 Å². The number of ketones is 1. The van der Waals surface area contributed by atoms with E-state index >= 15 is 0 Å². The van der Waals surface area contributed by atoms with E-state index in [0.717, 1.165) is 23.5 Å². The summed E-state index contributed by atoms with van der Waals surface area (Å²) in [7, 11) is -4.23. The van der Waals surface area contributed by atoms with Crippen molar-refractivity contribution in [3.63, 3.8) is 0 Å². The Morgan fingerprint density at radius 2 is 1.76 bits per heavy atom. The van der Waals surface area contributed by atoms with Crippen molar-refractivity contribution in [1.82, 2.24) is 10.2 Å². The third-order valence-electron chi connectivity index (χ3n) is 3.62. The van der Waals surface area contributed by atoms with Crippen LogP contribution in [0.15, 0.2) is 40.7 Å². The predicted molar refractivity (Wildman–Crippen MR) is 108 cm³/mol. The number of nitro groups is 1. The van der Waals surface area contributed by atoms with Crippen molar-refractivity contribution in [2.75, 3.05) is 4.72 Å². The van der Waals surface area contributed by atoms with E-state index in [0.29, 0.717) is 5.01 Å². The van der Waals surface area contributed by atoms with Gasteiger partial charge >= 0.3 is 0 Å². The molecule has 0 radical (unpaired) electrons. The molecular weight excluding hydrogens is 463 g/mol. The molecule has 29 heavy (non-hydrogen) atoms. The number of halogens is 2. The molecule has 1 aromatic heterocycles. The number of sulfonamides is 1. The largest absolute Gasteiger partial charge is 0.293 e. The normalized spacial score (nSPS) is 11.3. The van der Waals surface area contributed by atoms with Crippen LogP contribution in [0.5, 0.6) is 0 Å². The lowest BCUT2D eigenvalue weighted by Gasteiger charge is -2.09. The molecule has 9 nitrogen and oxygen atoms in total. The fourth-order valence-electron chi connectivity index (χ4n) is 2.30. The summed E-state index contributed by atoms with van der Waals surface area (Å²) < 4.78 is 26.7. The van der Waals surface area contributed by atoms with Crippen LogP contribution in [0.2, 0.25) is 10.0 Å². The molecule has 150 valence electrons. The maximum absolute atomic E-state index is 12.7. The molecule has 13 heteroatoms. The molecule has 0 bridgehead atoms. The number of nitrogens with one attached hydrogen (secondary N) is 1. The van der Waals surface area contributed by atoms with Crippen molar-refractivity contribution in [1.29, 1.82) is 0 Å². The third-order valence-corrected chi connectivity index (χ3v) is 6.93. The Labute approximate surface area is 178 Å². The number of carbonyl (C=O) groups is 1. The van der Waals surface area contributed by atoms with Crippen LogP contribution in [0.25, 0.3) is 0 Å². The van der Waals surface area contributed by atoms with Gasteiger partial charge in [-0.1, -0.05) is 34.5 Å². The number of rotatable bonds is 6. The lowest BCUT2D eigenvalue weighted by atomic mass is 10.0. The van der Waals surface area contributed by atoms with Gasteiger partial charge in [-0.3, -0.25) is 19.6 Å². The first kappa shape index (κ1) is 21.1. The Kier molecular flexibility index (Phi) is 5.85. The van der Waals surface area contributed by atoms with E-state index in [1.807, 2.05) is 0 Å². The highest BCUT2D eigenvalue weighted by Gasteiger charge is 2.25. The van der Waals surface area contributed by atoms with Gasteiger partial charge in [-0.25, -0.2) is 0 Å². The second-order valence-electron chi connectivity index (χ2n) is 5.64. The monoisotopic (exact) mass is 472 g/mol. The quantitative estimate of drug-likeness (QED) is 0.324. The van der Waals surface area contributed by atoms with Crippen LogP contribution in [0, 0.1) is 17.0 Å². The highest BCUT2D eigenvalue weighted by molar-refractivity contribution is 7.94. The molecule has 0 atom stereocenters. The lowest BCUT2D eigenvalue weighted by molar-refractivity contribution is -0.383. The minimum Gasteiger partial charge on any atom is -0.289 e. The smallest absolute Gasteiger partial charge is 0.289 e. The van der Waals surface area contributed by atoms with Crippen LogP contribution < -0.4 is 4.72 Å². The summed E-state index contributed by atoms with van der Waals surface area (Å²) in [6, 6.07) is 7.55. The van der Waals surface area contributed by atoms with Crippen LogP contribution in [0.1, 0.15) is 20.9 Å². The standard InChI is InChI=1S/C16H10Cl2N4O5S2/c1-8-19-20-16(28-8)29(26,27)21-13-7-10(3-5-14(13)22(24)25)15(23)9-2-4-11(17)12(18)6-9/h2-7,21H,1H3. The van der Waals surface area contributed by atoms with Gasteiger partial charge in [0.05, 0.1) is 15.0 Å². The van der Waals surface area contributed by atoms with E-state index < -0.39 is 26.4 Å². The zero-order chi connectivity index (χ0) is 21.3. The van der Waals surface area contributed by atoms with Gasteiger partial charge in [-0.15, -0.1) is 10.2 Å². The first-order valence-corrected chi connectivity index (χ1v) is 10.7. The molecule has 3 aromatic rings. The second kappa shape index (κ2) is 8.03. The zero-order valence-corrected chi connectivity index (χ0v) is 17.6. The summed E-state index contributed by atoms with van der Waals surface area (Å²) in [6.45, 7) is 1.57. The maximum atomic E-state index is 12.7. The number of anilines is 1. The number of nitrogens with zero attached hydrogens (tertiary/aromatic N) is 3. The summed E-state index contributed by atoms with van der Waals surface area (Å²) in [5.74, 6) is -0.523. The summed E-state index contributed by atoms with van der Waals surface area (Å²) in [5.41, 5.74) is -0.712. The highest BCUT2D eigenvalue weighted by atomic mass is 35.5. The molecule has 0 saturated heterocycles. The highest BCUT2D eigenvalue weighted by Crippen LogP contribution is 2.30. The molecular formula is C16H10Cl2N4O5S2. The zero-order valence-electron chi connectivity index (χ0n) is 14.4. The molecule has 0 saturated carbocycles. The molecule has 1 heterocycles. The van der Waals surface area contributed by atoms with Crippen LogP contribution in [-0.2, 0) is 10.0 Å². The predicted octanol–water partition coefficient (Wildman–Crippen LogP) is 4.09. The minimum absolute atomic E-state index is 0.0140. The van der Waals surface area contributed by atoms with Gasteiger partial charge in [0.1, 0.15) is 10.7 Å². The van der Waals surface area contributed by atoms with Gasteiger partial charge in [0.15, 0.2) is 5.78 Å². The Balaban J connectivity index is 2.03. The average molecular weight is 473 g/mol. The Bertz CT molecular complexity index is 1240. The molecule has 0 spiro atoms. The van der Waals surface area contributed by atoms with Gasteiger partial charge in [0.25, 0.3) is 20.1 Å². The van der Waals surface area contributed by atoms with E-state index in [1.165, 1.54) is 24.3 Å². The number of carbonyl (C=O) groups excluding carboxylic acids is 1. The molecule has 1 N–H and O–H groups in total. The van der Waals surface area contributed by atoms with E-state index in [9.17, 15) is 23.3 Å². The van der Waals surface area contributed by atoms with E-state index in [-0.39, 0.29) is 31.2 Å². The topological polar surface area (TPSA) is 132 Å². The molecule has 0 aliphatic carbocycles. The van der Waals surface area contributed by atoms with Gasteiger partial charge in [0.2, 0.25) is 0 Å². The van der Waals surface area contributed by atoms with Crippen LogP contribution in [0.4, 0.5) is 11.4 Å². The van der Waals surface area contributed by atoms with E-state index in [2.05, 4.69) is 14.9 Å². The summed E-state index contributed by atoms with van der Waals surface area (Å²) in [6.07, 6.45) is 0. The summed E-state index contributed by atoms with van der Waals surface area (Å²) in [5, 5.41) is 19.3. The second-order valence-corrected chi connectivity index (χ2v) is 9.49. The molecule has 3 rings (SSSR count). The molecule has 0 amide bonds. The average Bonchev–Trinajstić information content (AvgIpc) is 3.10. The summed E-state index contributed by atoms with van der Waals surface area (Å²) >= 11 is 12.6. The fourth-order valence-corrected chi connectivity index (χ4v) is 4.63. The Hall–Kier alpha value is -2.60. The number of benzene rings is 2. The molecule has 2 aromatic carbocycles. The van der Waals surface area contributed by atoms with Crippen LogP contribution in [-0.4, -0.2) is 29.3 Å². The van der Waals surface area contributed by atoms with Crippen molar-refractivity contribution in [2.24, 2.45) is 0 Å². The third kappa shape index (κ3) is 4.53.